The Kier molecular flexibility index (Phi) is 1.86. The van der Waals surface area contributed by atoms with Gasteiger partial charge in [-0.25, -0.2) is 4.98 Å². The lowest BCUT2D eigenvalue weighted by atomic mass is 10.7. The summed E-state index contributed by atoms with van der Waals surface area (Å²) >= 11 is 4.88. The van der Waals surface area contributed by atoms with Crippen molar-refractivity contribution in [2.75, 3.05) is 5.32 Å². The number of rotatable bonds is 2. The molecule has 11 heavy (non-hydrogen) atoms. The summed E-state index contributed by atoms with van der Waals surface area (Å²) in [6, 6.07) is 0.783. The van der Waals surface area contributed by atoms with Crippen LogP contribution in [0.15, 0.2) is 9.98 Å². The molecule has 0 aromatic carbocycles. The second kappa shape index (κ2) is 2.73. The van der Waals surface area contributed by atoms with Crippen LogP contribution in [0.4, 0.5) is 5.13 Å². The standard InChI is InChI=1S/C6H8BrN3S/c7-5-2-11-6(10-5)9-4-1-3(4)8/h2-4H,1,8H2,(H,9,10). The summed E-state index contributed by atoms with van der Waals surface area (Å²) in [5.41, 5.74) is 5.62. The van der Waals surface area contributed by atoms with Crippen LogP contribution in [0.25, 0.3) is 0 Å². The molecule has 0 saturated heterocycles. The lowest BCUT2D eigenvalue weighted by molar-refractivity contribution is 1.00. The molecule has 2 rings (SSSR count). The molecule has 0 radical (unpaired) electrons. The molecule has 2 atom stereocenters. The molecule has 0 aliphatic heterocycles. The van der Waals surface area contributed by atoms with Crippen molar-refractivity contribution in [3.63, 3.8) is 0 Å². The van der Waals surface area contributed by atoms with E-state index >= 15 is 0 Å². The van der Waals surface area contributed by atoms with Crippen LogP contribution < -0.4 is 11.1 Å². The van der Waals surface area contributed by atoms with Gasteiger partial charge in [-0.2, -0.15) is 0 Å². The quantitative estimate of drug-likeness (QED) is 0.813. The highest BCUT2D eigenvalue weighted by Crippen LogP contribution is 2.27. The van der Waals surface area contributed by atoms with Gasteiger partial charge < -0.3 is 11.1 Å². The van der Waals surface area contributed by atoms with Crippen molar-refractivity contribution in [2.45, 2.75) is 18.5 Å². The van der Waals surface area contributed by atoms with Gasteiger partial charge in [-0.3, -0.25) is 0 Å². The lowest BCUT2D eigenvalue weighted by Crippen LogP contribution is -2.12. The van der Waals surface area contributed by atoms with Crippen molar-refractivity contribution in [2.24, 2.45) is 5.73 Å². The van der Waals surface area contributed by atoms with Gasteiger partial charge in [-0.1, -0.05) is 0 Å². The highest BCUT2D eigenvalue weighted by Gasteiger charge is 2.33. The van der Waals surface area contributed by atoms with Gasteiger partial charge in [-0.15, -0.1) is 11.3 Å². The summed E-state index contributed by atoms with van der Waals surface area (Å²) in [6.07, 6.45) is 1.07. The molecule has 3 N–H and O–H groups in total. The van der Waals surface area contributed by atoms with Gasteiger partial charge in [0.1, 0.15) is 4.60 Å². The van der Waals surface area contributed by atoms with E-state index in [0.29, 0.717) is 12.1 Å². The fraction of sp³-hybridized carbons (Fsp3) is 0.500. The van der Waals surface area contributed by atoms with E-state index < -0.39 is 0 Å². The van der Waals surface area contributed by atoms with Crippen LogP contribution >= 0.6 is 27.3 Å². The van der Waals surface area contributed by atoms with Gasteiger partial charge in [0.15, 0.2) is 5.13 Å². The Morgan fingerprint density at radius 3 is 3.00 bits per heavy atom. The summed E-state index contributed by atoms with van der Waals surface area (Å²) in [7, 11) is 0. The molecular weight excluding hydrogens is 226 g/mol. The number of halogens is 1. The molecule has 1 fully saturated rings. The molecule has 1 aromatic rings. The van der Waals surface area contributed by atoms with Gasteiger partial charge in [0.2, 0.25) is 0 Å². The maximum Gasteiger partial charge on any atom is 0.184 e. The third-order valence-electron chi connectivity index (χ3n) is 1.62. The van der Waals surface area contributed by atoms with Crippen LogP contribution in [-0.2, 0) is 0 Å². The Hall–Kier alpha value is -0.130. The number of anilines is 1. The monoisotopic (exact) mass is 233 g/mol. The van der Waals surface area contributed by atoms with Gasteiger partial charge in [0, 0.05) is 17.5 Å². The van der Waals surface area contributed by atoms with Crippen LogP contribution in [0.2, 0.25) is 0 Å². The van der Waals surface area contributed by atoms with Crippen molar-refractivity contribution in [1.82, 2.24) is 4.98 Å². The zero-order valence-electron chi connectivity index (χ0n) is 5.75. The number of nitrogens with one attached hydrogen (secondary N) is 1. The number of hydrogen-bond donors (Lipinski definition) is 2. The molecule has 0 amide bonds. The fourth-order valence-corrected chi connectivity index (χ4v) is 2.07. The minimum Gasteiger partial charge on any atom is -0.357 e. The molecule has 1 aliphatic carbocycles. The fourth-order valence-electron chi connectivity index (χ4n) is 0.860. The van der Waals surface area contributed by atoms with E-state index in [0.717, 1.165) is 16.2 Å². The van der Waals surface area contributed by atoms with Crippen molar-refractivity contribution in [1.29, 1.82) is 0 Å². The van der Waals surface area contributed by atoms with E-state index in [2.05, 4.69) is 26.2 Å². The van der Waals surface area contributed by atoms with E-state index in [9.17, 15) is 0 Å². The minimum atomic E-state index is 0.331. The molecule has 5 heteroatoms. The lowest BCUT2D eigenvalue weighted by Gasteiger charge is -1.96. The van der Waals surface area contributed by atoms with Gasteiger partial charge in [-0.05, 0) is 22.4 Å². The molecule has 1 aliphatic rings. The van der Waals surface area contributed by atoms with Crippen molar-refractivity contribution in [3.05, 3.63) is 9.98 Å². The maximum atomic E-state index is 5.62. The third kappa shape index (κ3) is 1.72. The predicted octanol–water partition coefficient (Wildman–Crippen LogP) is 1.42. The Morgan fingerprint density at radius 2 is 2.55 bits per heavy atom. The summed E-state index contributed by atoms with van der Waals surface area (Å²) in [5.74, 6) is 0. The second-order valence-electron chi connectivity index (χ2n) is 2.63. The zero-order chi connectivity index (χ0) is 7.84. The van der Waals surface area contributed by atoms with Gasteiger partial charge >= 0.3 is 0 Å². The van der Waals surface area contributed by atoms with E-state index in [4.69, 9.17) is 5.73 Å². The van der Waals surface area contributed by atoms with E-state index in [1.54, 1.807) is 11.3 Å². The predicted molar refractivity (Wildman–Crippen MR) is 49.8 cm³/mol. The van der Waals surface area contributed by atoms with Crippen LogP contribution in [0, 0.1) is 0 Å². The van der Waals surface area contributed by atoms with Crippen LogP contribution in [0.5, 0.6) is 0 Å². The average molecular weight is 234 g/mol. The maximum absolute atomic E-state index is 5.62. The largest absolute Gasteiger partial charge is 0.357 e. The van der Waals surface area contributed by atoms with Crippen molar-refractivity contribution < 1.29 is 0 Å². The first-order valence-electron chi connectivity index (χ1n) is 3.39. The number of aromatic nitrogens is 1. The average Bonchev–Trinajstić information content (AvgIpc) is 2.42. The van der Waals surface area contributed by atoms with Crippen molar-refractivity contribution >= 4 is 32.4 Å². The highest BCUT2D eigenvalue weighted by molar-refractivity contribution is 9.10. The van der Waals surface area contributed by atoms with Crippen molar-refractivity contribution in [3.8, 4) is 0 Å². The van der Waals surface area contributed by atoms with Crippen LogP contribution in [0.1, 0.15) is 6.42 Å². The topological polar surface area (TPSA) is 50.9 Å². The molecule has 1 saturated carbocycles. The molecule has 2 unspecified atom stereocenters. The first-order valence-corrected chi connectivity index (χ1v) is 5.06. The minimum absolute atomic E-state index is 0.331. The summed E-state index contributed by atoms with van der Waals surface area (Å²) in [4.78, 5) is 4.19. The smallest absolute Gasteiger partial charge is 0.184 e. The summed E-state index contributed by atoms with van der Waals surface area (Å²) in [5, 5.41) is 6.15. The van der Waals surface area contributed by atoms with Gasteiger partial charge in [0.25, 0.3) is 0 Å². The molecule has 1 heterocycles. The Morgan fingerprint density at radius 1 is 1.82 bits per heavy atom. The Balaban J connectivity index is 1.96. The van der Waals surface area contributed by atoms with E-state index in [1.807, 2.05) is 5.38 Å². The number of hydrogen-bond acceptors (Lipinski definition) is 4. The van der Waals surface area contributed by atoms with Gasteiger partial charge in [0.05, 0.1) is 0 Å². The summed E-state index contributed by atoms with van der Waals surface area (Å²) in [6.45, 7) is 0. The SMILES string of the molecule is NC1CC1Nc1nc(Br)cs1. The molecule has 0 bridgehead atoms. The number of thiazole rings is 1. The van der Waals surface area contributed by atoms with E-state index in [-0.39, 0.29) is 0 Å². The molecule has 0 spiro atoms. The molecule has 1 aromatic heterocycles. The molecule has 3 nitrogen and oxygen atoms in total. The normalized spacial score (nSPS) is 28.5. The van der Waals surface area contributed by atoms with Crippen LogP contribution in [0.3, 0.4) is 0 Å². The number of nitrogens with two attached hydrogens (primary N) is 1. The zero-order valence-corrected chi connectivity index (χ0v) is 8.15. The molecule has 60 valence electrons. The van der Waals surface area contributed by atoms with E-state index in [1.165, 1.54) is 0 Å². The summed E-state index contributed by atoms with van der Waals surface area (Å²) < 4.78 is 0.888. The number of nitrogens with zero attached hydrogens (tertiary/aromatic N) is 1. The highest BCUT2D eigenvalue weighted by atomic mass is 79.9. The van der Waals surface area contributed by atoms with Crippen LogP contribution in [-0.4, -0.2) is 17.1 Å². The second-order valence-corrected chi connectivity index (χ2v) is 4.30. The first kappa shape index (κ1) is 7.52. The Labute approximate surface area is 77.1 Å². The third-order valence-corrected chi connectivity index (χ3v) is 3.11. The molecular formula is C6H8BrN3S. The Bertz CT molecular complexity index is 262. The first-order chi connectivity index (χ1) is 5.25.